The number of aryl methyl sites for hydroxylation is 1. The Morgan fingerprint density at radius 1 is 0.923 bits per heavy atom. The Morgan fingerprint density at radius 2 is 1.69 bits per heavy atom. The van der Waals surface area contributed by atoms with E-state index in [1.54, 1.807) is 7.11 Å². The van der Waals surface area contributed by atoms with Crippen LogP contribution in [0.15, 0.2) is 60.7 Å². The zero-order valence-electron chi connectivity index (χ0n) is 14.5. The number of nitrogens with zero attached hydrogens (tertiary/aromatic N) is 2. The van der Waals surface area contributed by atoms with Crippen molar-refractivity contribution in [2.24, 2.45) is 0 Å². The van der Waals surface area contributed by atoms with Crippen LogP contribution in [-0.2, 0) is 0 Å². The molecule has 0 N–H and O–H groups in total. The lowest BCUT2D eigenvalue weighted by atomic mass is 10.1. The summed E-state index contributed by atoms with van der Waals surface area (Å²) >= 11 is -0.391. The number of methoxy groups -OCH3 is 1. The number of halogens is 1. The molecule has 4 heteroatoms. The summed E-state index contributed by atoms with van der Waals surface area (Å²) in [5.74, 6) is 7.07. The third-order valence-electron chi connectivity index (χ3n) is 3.52. The maximum absolute atomic E-state index is 9.33. The van der Waals surface area contributed by atoms with Crippen molar-refractivity contribution in [3.05, 3.63) is 90.3 Å². The summed E-state index contributed by atoms with van der Waals surface area (Å²) in [6, 6.07) is 21.9. The number of ether oxygens (including phenoxy) is 1. The molecule has 126 valence electrons. The molecule has 0 saturated heterocycles. The Kier molecular flexibility index (Phi) is 5.88. The average Bonchev–Trinajstić information content (AvgIpc) is 2.67. The van der Waals surface area contributed by atoms with Gasteiger partial charge in [-0.25, -0.2) is 4.98 Å². The van der Waals surface area contributed by atoms with Crippen molar-refractivity contribution in [2.75, 3.05) is 7.11 Å². The lowest BCUT2D eigenvalue weighted by molar-refractivity contribution is -0.597. The fourth-order valence-corrected chi connectivity index (χ4v) is 4.71. The molecule has 1 aromatic heterocycles. The zero-order valence-corrected chi connectivity index (χ0v) is 16.6. The van der Waals surface area contributed by atoms with Crippen molar-refractivity contribution >= 4 is 0 Å². The summed E-state index contributed by atoms with van der Waals surface area (Å²) in [4.78, 5) is 4.39. The van der Waals surface area contributed by atoms with Crippen LogP contribution in [0.25, 0.3) is 0 Å². The van der Waals surface area contributed by atoms with Crippen LogP contribution >= 0.6 is 0 Å². The van der Waals surface area contributed by atoms with E-state index in [0.717, 1.165) is 26.3 Å². The normalized spacial score (nSPS) is 9.73. The Bertz CT molecular complexity index is 1020. The van der Waals surface area contributed by atoms with Crippen molar-refractivity contribution in [3.63, 3.8) is 0 Å². The van der Waals surface area contributed by atoms with Gasteiger partial charge in [-0.05, 0) is 55.3 Å². The van der Waals surface area contributed by atoms with Crippen LogP contribution < -0.4 is 25.9 Å². The average molecular weight is 451 g/mol. The van der Waals surface area contributed by atoms with Crippen LogP contribution in [0.2, 0.25) is 0 Å². The largest absolute Gasteiger partial charge is 0.497 e. The molecule has 3 rings (SSSR count). The van der Waals surface area contributed by atoms with Crippen molar-refractivity contribution in [1.82, 2.24) is 4.98 Å². The molecule has 0 spiro atoms. The first kappa shape index (κ1) is 18.0. The molecule has 3 aromatic rings. The molecule has 1 heterocycles. The molecule has 0 saturated carbocycles. The lowest BCUT2D eigenvalue weighted by Gasteiger charge is -1.97. The topological polar surface area (TPSA) is 45.9 Å². The zero-order chi connectivity index (χ0) is 18.4. The maximum Gasteiger partial charge on any atom is 0.357 e. The summed E-state index contributed by atoms with van der Waals surface area (Å²) in [6.45, 7) is 1.94. The summed E-state index contributed by atoms with van der Waals surface area (Å²) in [6.07, 6.45) is 0. The minimum absolute atomic E-state index is 0.391. The van der Waals surface area contributed by atoms with Gasteiger partial charge in [-0.3, -0.25) is 0 Å². The number of hydrogen-bond acceptors (Lipinski definition) is 3. The Morgan fingerprint density at radius 3 is 2.38 bits per heavy atom. The van der Waals surface area contributed by atoms with Crippen LogP contribution in [0.3, 0.4) is 0 Å². The second-order valence-electron chi connectivity index (χ2n) is 5.51. The first-order chi connectivity index (χ1) is 12.7. The van der Waals surface area contributed by atoms with Gasteiger partial charge in [0.25, 0.3) is 0 Å². The van der Waals surface area contributed by atoms with E-state index in [-0.39, 0.29) is 0 Å². The number of hydrogen-bond donors (Lipinski definition) is 0. The lowest BCUT2D eigenvalue weighted by Crippen LogP contribution is -3.61. The smallest absolute Gasteiger partial charge is 0.357 e. The first-order valence-corrected chi connectivity index (χ1v) is 10.1. The first-order valence-electron chi connectivity index (χ1n) is 7.96. The Hall–Kier alpha value is -2.83. The molecule has 3 nitrogen and oxygen atoms in total. The molecular formula is C22H16IN2O+. The van der Waals surface area contributed by atoms with Gasteiger partial charge in [0.1, 0.15) is 11.4 Å². The number of rotatable bonds is 3. The molecule has 0 aliphatic carbocycles. The van der Waals surface area contributed by atoms with Crippen molar-refractivity contribution in [3.8, 4) is 23.7 Å². The highest BCUT2D eigenvalue weighted by atomic mass is 127. The van der Waals surface area contributed by atoms with E-state index in [2.05, 4.69) is 41.1 Å². The molecule has 2 aromatic carbocycles. The molecule has 0 fully saturated rings. The van der Waals surface area contributed by atoms with E-state index in [1.807, 2.05) is 49.4 Å². The molecule has 0 amide bonds. The van der Waals surface area contributed by atoms with E-state index >= 15 is 0 Å². The fraction of sp³-hybridized carbons (Fsp3) is 0.0909. The van der Waals surface area contributed by atoms with E-state index in [0.29, 0.717) is 5.56 Å². The fourth-order valence-electron chi connectivity index (χ4n) is 2.29. The summed E-state index contributed by atoms with van der Waals surface area (Å²) < 4.78 is 7.63. The molecule has 0 unspecified atom stereocenters. The number of aromatic nitrogens is 1. The third-order valence-corrected chi connectivity index (χ3v) is 6.11. The second-order valence-corrected chi connectivity index (χ2v) is 8.54. The summed E-state index contributed by atoms with van der Waals surface area (Å²) in [5, 5.41) is 9.33. The summed E-state index contributed by atoms with van der Waals surface area (Å²) in [7, 11) is 1.66. The highest BCUT2D eigenvalue weighted by Gasteiger charge is 2.17. The standard InChI is InChI=1S/C22H16IN2O/c1-16-4-3-5-21(25-16)9-6-17-12-18(15-24)14-20(13-17)23-19-7-10-22(26-2)11-8-19/h3-5,7-8,10-14H,1-2H3/q+1. The molecule has 0 radical (unpaired) electrons. The van der Waals surface area contributed by atoms with E-state index in [1.165, 1.54) is 3.57 Å². The Balaban J connectivity index is 1.88. The van der Waals surface area contributed by atoms with Gasteiger partial charge >= 0.3 is 21.2 Å². The highest BCUT2D eigenvalue weighted by molar-refractivity contribution is 5.44. The van der Waals surface area contributed by atoms with Crippen molar-refractivity contribution in [2.45, 2.75) is 6.92 Å². The molecule has 26 heavy (non-hydrogen) atoms. The molecule has 0 aliphatic rings. The third kappa shape index (κ3) is 4.84. The minimum Gasteiger partial charge on any atom is -0.497 e. The number of pyridine rings is 1. The maximum atomic E-state index is 9.33. The van der Waals surface area contributed by atoms with Gasteiger partial charge in [0.2, 0.25) is 0 Å². The minimum atomic E-state index is -0.391. The van der Waals surface area contributed by atoms with Crippen LogP contribution in [0.4, 0.5) is 0 Å². The SMILES string of the molecule is COc1ccc([I+]c2cc(C#N)cc(C#Cc3cccc(C)n3)c2)cc1. The van der Waals surface area contributed by atoms with Crippen LogP contribution in [-0.4, -0.2) is 12.1 Å². The van der Waals surface area contributed by atoms with E-state index in [9.17, 15) is 5.26 Å². The van der Waals surface area contributed by atoms with Gasteiger partial charge in [0.05, 0.1) is 18.7 Å². The van der Waals surface area contributed by atoms with E-state index < -0.39 is 21.2 Å². The van der Waals surface area contributed by atoms with Gasteiger partial charge in [0, 0.05) is 23.4 Å². The predicted molar refractivity (Wildman–Crippen MR) is 96.5 cm³/mol. The van der Waals surface area contributed by atoms with Gasteiger partial charge in [0.15, 0.2) is 7.14 Å². The predicted octanol–water partition coefficient (Wildman–Crippen LogP) is 0.798. The Labute approximate surface area is 163 Å². The van der Waals surface area contributed by atoms with Crippen LogP contribution in [0, 0.1) is 37.2 Å². The molecule has 0 atom stereocenters. The summed E-state index contributed by atoms with van der Waals surface area (Å²) in [5.41, 5.74) is 3.15. The van der Waals surface area contributed by atoms with E-state index in [4.69, 9.17) is 4.74 Å². The molecule has 0 bridgehead atoms. The number of benzene rings is 2. The van der Waals surface area contributed by atoms with Crippen LogP contribution in [0.5, 0.6) is 5.75 Å². The van der Waals surface area contributed by atoms with Gasteiger partial charge < -0.3 is 4.74 Å². The monoisotopic (exact) mass is 451 g/mol. The van der Waals surface area contributed by atoms with Gasteiger partial charge in [-0.15, -0.1) is 0 Å². The van der Waals surface area contributed by atoms with Crippen molar-refractivity contribution in [1.29, 1.82) is 5.26 Å². The van der Waals surface area contributed by atoms with Gasteiger partial charge in [-0.1, -0.05) is 12.0 Å². The quantitative estimate of drug-likeness (QED) is 0.438. The van der Waals surface area contributed by atoms with Crippen LogP contribution in [0.1, 0.15) is 22.5 Å². The molecule has 0 aliphatic heterocycles. The van der Waals surface area contributed by atoms with Crippen molar-refractivity contribution < 1.29 is 25.9 Å². The highest BCUT2D eigenvalue weighted by Crippen LogP contribution is 2.07. The number of nitriles is 1. The van der Waals surface area contributed by atoms with Gasteiger partial charge in [-0.2, -0.15) is 5.26 Å². The molecular weight excluding hydrogens is 435 g/mol. The second kappa shape index (κ2) is 8.51.